The van der Waals surface area contributed by atoms with Crippen LogP contribution in [0, 0.1) is 10.1 Å². The van der Waals surface area contributed by atoms with E-state index in [1.54, 1.807) is 0 Å². The monoisotopic (exact) mass is 335 g/mol. The van der Waals surface area contributed by atoms with E-state index in [9.17, 15) is 20.0 Å². The molecule has 1 fully saturated rings. The second kappa shape index (κ2) is 6.39. The van der Waals surface area contributed by atoms with Crippen LogP contribution in [0.3, 0.4) is 0 Å². The quantitative estimate of drug-likeness (QED) is 0.497. The van der Waals surface area contributed by atoms with E-state index < -0.39 is 10.8 Å². The zero-order chi connectivity index (χ0) is 16.4. The molecule has 120 valence electrons. The molecular weight excluding hydrogens is 322 g/mol. The lowest BCUT2D eigenvalue weighted by Gasteiger charge is -2.27. The molecule has 8 nitrogen and oxygen atoms in total. The van der Waals surface area contributed by atoms with Crippen molar-refractivity contribution in [3.05, 3.63) is 38.8 Å². The molecule has 2 aliphatic heterocycles. The SMILES string of the molecule is O=C1N=C(N2CCOCC2)SC1=Cc1cc([N+](=O)[O-])ccc1O. The summed E-state index contributed by atoms with van der Waals surface area (Å²) in [7, 11) is 0. The van der Waals surface area contributed by atoms with Gasteiger partial charge in [-0.2, -0.15) is 4.99 Å². The van der Waals surface area contributed by atoms with E-state index in [0.717, 1.165) is 0 Å². The number of non-ortho nitro benzene ring substituents is 1. The maximum Gasteiger partial charge on any atom is 0.286 e. The molecule has 1 N–H and O–H groups in total. The van der Waals surface area contributed by atoms with Crippen molar-refractivity contribution in [2.24, 2.45) is 4.99 Å². The maximum atomic E-state index is 12.0. The molecule has 1 saturated heterocycles. The van der Waals surface area contributed by atoms with Crippen molar-refractivity contribution < 1.29 is 19.6 Å². The molecule has 0 saturated carbocycles. The van der Waals surface area contributed by atoms with Crippen molar-refractivity contribution in [1.29, 1.82) is 0 Å². The molecule has 0 atom stereocenters. The zero-order valence-electron chi connectivity index (χ0n) is 12.0. The number of phenols is 1. The lowest BCUT2D eigenvalue weighted by molar-refractivity contribution is -0.384. The number of ether oxygens (including phenoxy) is 1. The Hall–Kier alpha value is -2.39. The number of carbonyl (C=O) groups excluding carboxylic acids is 1. The van der Waals surface area contributed by atoms with Gasteiger partial charge >= 0.3 is 0 Å². The minimum absolute atomic E-state index is 0.128. The fourth-order valence-corrected chi connectivity index (χ4v) is 3.16. The number of nitrogens with zero attached hydrogens (tertiary/aromatic N) is 3. The molecule has 1 aromatic carbocycles. The molecule has 3 rings (SSSR count). The first-order valence-electron chi connectivity index (χ1n) is 6.87. The number of nitro groups is 1. The minimum atomic E-state index is -0.555. The molecule has 0 radical (unpaired) electrons. The summed E-state index contributed by atoms with van der Waals surface area (Å²) in [5.41, 5.74) is 0.0629. The number of aromatic hydroxyl groups is 1. The van der Waals surface area contributed by atoms with Gasteiger partial charge in [0.1, 0.15) is 5.75 Å². The van der Waals surface area contributed by atoms with Gasteiger partial charge in [0, 0.05) is 30.8 Å². The Kier molecular flexibility index (Phi) is 4.30. The number of phenolic OH excluding ortho intramolecular Hbond substituents is 1. The highest BCUT2D eigenvalue weighted by Crippen LogP contribution is 2.33. The molecule has 0 bridgehead atoms. The molecule has 9 heteroatoms. The Bertz CT molecular complexity index is 725. The Morgan fingerprint density at radius 1 is 1.39 bits per heavy atom. The number of hydrogen-bond acceptors (Lipinski definition) is 7. The molecule has 1 aromatic rings. The van der Waals surface area contributed by atoms with Gasteiger partial charge in [0.2, 0.25) is 0 Å². The van der Waals surface area contributed by atoms with Crippen LogP contribution in [0.25, 0.3) is 6.08 Å². The van der Waals surface area contributed by atoms with E-state index >= 15 is 0 Å². The summed E-state index contributed by atoms with van der Waals surface area (Å²) in [6.45, 7) is 2.49. The van der Waals surface area contributed by atoms with Gasteiger partial charge in [0.25, 0.3) is 11.6 Å². The van der Waals surface area contributed by atoms with Crippen LogP contribution in [0.15, 0.2) is 28.1 Å². The number of morpholine rings is 1. The number of nitro benzene ring substituents is 1. The van der Waals surface area contributed by atoms with Crippen LogP contribution >= 0.6 is 11.8 Å². The van der Waals surface area contributed by atoms with Gasteiger partial charge in [-0.3, -0.25) is 14.9 Å². The third-order valence-electron chi connectivity index (χ3n) is 3.40. The Morgan fingerprint density at radius 3 is 2.83 bits per heavy atom. The molecule has 2 aliphatic rings. The summed E-state index contributed by atoms with van der Waals surface area (Å²) in [4.78, 5) is 28.6. The second-order valence-electron chi connectivity index (χ2n) is 4.91. The zero-order valence-corrected chi connectivity index (χ0v) is 12.8. The van der Waals surface area contributed by atoms with E-state index in [2.05, 4.69) is 4.99 Å². The fourth-order valence-electron chi connectivity index (χ4n) is 2.20. The smallest absolute Gasteiger partial charge is 0.286 e. The van der Waals surface area contributed by atoms with Crippen molar-refractivity contribution in [3.8, 4) is 5.75 Å². The number of carbonyl (C=O) groups is 1. The summed E-state index contributed by atoms with van der Waals surface area (Å²) in [6.07, 6.45) is 1.42. The van der Waals surface area contributed by atoms with Crippen LogP contribution in [0.4, 0.5) is 5.69 Å². The van der Waals surface area contributed by atoms with Crippen LogP contribution in [-0.4, -0.2) is 52.3 Å². The second-order valence-corrected chi connectivity index (χ2v) is 5.92. The predicted octanol–water partition coefficient (Wildman–Crippen LogP) is 1.60. The number of rotatable bonds is 2. The Labute approximate surface area is 135 Å². The molecule has 0 aromatic heterocycles. The third kappa shape index (κ3) is 3.35. The highest BCUT2D eigenvalue weighted by molar-refractivity contribution is 8.18. The summed E-state index contributed by atoms with van der Waals surface area (Å²) in [6, 6.07) is 3.66. The highest BCUT2D eigenvalue weighted by atomic mass is 32.2. The third-order valence-corrected chi connectivity index (χ3v) is 4.44. The van der Waals surface area contributed by atoms with E-state index in [1.165, 1.54) is 36.0 Å². The average Bonchev–Trinajstić information content (AvgIpc) is 2.91. The fraction of sp³-hybridized carbons (Fsp3) is 0.286. The predicted molar refractivity (Wildman–Crippen MR) is 85.2 cm³/mol. The number of amidine groups is 1. The van der Waals surface area contributed by atoms with Crippen molar-refractivity contribution in [3.63, 3.8) is 0 Å². The van der Waals surface area contributed by atoms with Gasteiger partial charge in [-0.05, 0) is 23.9 Å². The van der Waals surface area contributed by atoms with Crippen LogP contribution in [0.2, 0.25) is 0 Å². The lowest BCUT2D eigenvalue weighted by Crippen LogP contribution is -2.38. The number of thioether (sulfide) groups is 1. The standard InChI is InChI=1S/C14H13N3O5S/c18-11-2-1-10(17(20)21)7-9(11)8-12-13(19)15-14(23-12)16-3-5-22-6-4-16/h1-2,7-8,18H,3-6H2. The van der Waals surface area contributed by atoms with Gasteiger partial charge in [-0.25, -0.2) is 0 Å². The van der Waals surface area contributed by atoms with E-state index in [4.69, 9.17) is 4.74 Å². The topological polar surface area (TPSA) is 105 Å². The van der Waals surface area contributed by atoms with Crippen LogP contribution in [-0.2, 0) is 9.53 Å². The molecule has 23 heavy (non-hydrogen) atoms. The van der Waals surface area contributed by atoms with Gasteiger partial charge in [-0.1, -0.05) is 0 Å². The normalized spacial score (nSPS) is 20.0. The van der Waals surface area contributed by atoms with Crippen molar-refractivity contribution >= 4 is 34.6 Å². The van der Waals surface area contributed by atoms with Gasteiger partial charge in [0.05, 0.1) is 23.0 Å². The first kappa shape index (κ1) is 15.5. The van der Waals surface area contributed by atoms with E-state index in [1.807, 2.05) is 4.90 Å². The number of hydrogen-bond donors (Lipinski definition) is 1. The summed E-state index contributed by atoms with van der Waals surface area (Å²) in [5.74, 6) is -0.543. The lowest BCUT2D eigenvalue weighted by atomic mass is 10.1. The number of benzene rings is 1. The molecule has 1 amide bonds. The maximum absolute atomic E-state index is 12.0. The molecule has 2 heterocycles. The van der Waals surface area contributed by atoms with Crippen molar-refractivity contribution in [2.45, 2.75) is 0 Å². The molecule has 0 unspecified atom stereocenters. The van der Waals surface area contributed by atoms with Gasteiger partial charge in [0.15, 0.2) is 5.17 Å². The molecular formula is C14H13N3O5S. The van der Waals surface area contributed by atoms with E-state index in [0.29, 0.717) is 36.4 Å². The van der Waals surface area contributed by atoms with Gasteiger partial charge < -0.3 is 14.7 Å². The number of aliphatic imine (C=N–C) groups is 1. The van der Waals surface area contributed by atoms with Crippen LogP contribution in [0.1, 0.15) is 5.56 Å². The van der Waals surface area contributed by atoms with Crippen LogP contribution < -0.4 is 0 Å². The Morgan fingerprint density at radius 2 is 2.13 bits per heavy atom. The summed E-state index contributed by atoms with van der Waals surface area (Å²) in [5, 5.41) is 21.2. The van der Waals surface area contributed by atoms with E-state index in [-0.39, 0.29) is 17.0 Å². The molecule has 0 spiro atoms. The summed E-state index contributed by atoms with van der Waals surface area (Å²) >= 11 is 1.19. The van der Waals surface area contributed by atoms with Crippen molar-refractivity contribution in [1.82, 2.24) is 4.90 Å². The highest BCUT2D eigenvalue weighted by Gasteiger charge is 2.27. The number of amides is 1. The van der Waals surface area contributed by atoms with Gasteiger partial charge in [-0.15, -0.1) is 0 Å². The summed E-state index contributed by atoms with van der Waals surface area (Å²) < 4.78 is 5.26. The first-order valence-corrected chi connectivity index (χ1v) is 7.69. The van der Waals surface area contributed by atoms with Crippen molar-refractivity contribution in [2.75, 3.05) is 26.3 Å². The largest absolute Gasteiger partial charge is 0.507 e. The first-order chi connectivity index (χ1) is 11.0. The van der Waals surface area contributed by atoms with Crippen LogP contribution in [0.5, 0.6) is 5.75 Å². The molecule has 0 aliphatic carbocycles. The Balaban J connectivity index is 1.83. The average molecular weight is 335 g/mol. The minimum Gasteiger partial charge on any atom is -0.507 e.